The van der Waals surface area contributed by atoms with E-state index in [1.807, 2.05) is 31.0 Å². The van der Waals surface area contributed by atoms with Crippen molar-refractivity contribution >= 4 is 17.6 Å². The van der Waals surface area contributed by atoms with Crippen LogP contribution in [-0.2, 0) is 16.1 Å². The van der Waals surface area contributed by atoms with Gasteiger partial charge in [0.2, 0.25) is 5.91 Å². The Morgan fingerprint density at radius 1 is 1.24 bits per heavy atom. The molecule has 2 rings (SSSR count). The summed E-state index contributed by atoms with van der Waals surface area (Å²) < 4.78 is 5.42. The van der Waals surface area contributed by atoms with E-state index in [2.05, 4.69) is 27.7 Å². The molecule has 1 aromatic rings. The second-order valence-electron chi connectivity index (χ2n) is 6.20. The maximum atomic E-state index is 12.0. The molecule has 0 aromatic heterocycles. The van der Waals surface area contributed by atoms with Gasteiger partial charge in [0.15, 0.2) is 0 Å². The van der Waals surface area contributed by atoms with Crippen molar-refractivity contribution < 1.29 is 14.3 Å². The molecule has 1 saturated heterocycles. The van der Waals surface area contributed by atoms with E-state index in [0.717, 1.165) is 38.3 Å². The van der Waals surface area contributed by atoms with Gasteiger partial charge in [0, 0.05) is 31.9 Å². The molecule has 0 radical (unpaired) electrons. The van der Waals surface area contributed by atoms with Gasteiger partial charge in [0.25, 0.3) is 0 Å². The second kappa shape index (κ2) is 10.0. The van der Waals surface area contributed by atoms with E-state index < -0.39 is 6.03 Å². The number of carbonyl (C=O) groups excluding carboxylic acids is 2. The van der Waals surface area contributed by atoms with Crippen molar-refractivity contribution in [1.82, 2.24) is 15.5 Å². The van der Waals surface area contributed by atoms with Crippen LogP contribution in [0.15, 0.2) is 24.3 Å². The number of carbonyl (C=O) groups is 2. The number of hydrogen-bond donors (Lipinski definition) is 2. The van der Waals surface area contributed by atoms with Gasteiger partial charge in [0.1, 0.15) is 0 Å². The molecule has 7 heteroatoms. The van der Waals surface area contributed by atoms with Gasteiger partial charge in [-0.1, -0.05) is 25.1 Å². The highest BCUT2D eigenvalue weighted by Crippen LogP contribution is 2.22. The quantitative estimate of drug-likeness (QED) is 0.774. The number of morpholine rings is 1. The van der Waals surface area contributed by atoms with Crippen molar-refractivity contribution in [2.75, 3.05) is 51.3 Å². The molecule has 7 nitrogen and oxygen atoms in total. The molecular formula is C18H28N4O3. The lowest BCUT2D eigenvalue weighted by Crippen LogP contribution is -2.44. The maximum Gasteiger partial charge on any atom is 0.321 e. The first-order valence-corrected chi connectivity index (χ1v) is 8.77. The van der Waals surface area contributed by atoms with E-state index in [-0.39, 0.29) is 12.5 Å². The van der Waals surface area contributed by atoms with E-state index in [4.69, 9.17) is 4.74 Å². The summed E-state index contributed by atoms with van der Waals surface area (Å²) in [6.45, 7) is 6.54. The summed E-state index contributed by atoms with van der Waals surface area (Å²) in [6, 6.07) is 7.78. The lowest BCUT2D eigenvalue weighted by atomic mass is 10.1. The van der Waals surface area contributed by atoms with Crippen LogP contribution >= 0.6 is 0 Å². The fourth-order valence-electron chi connectivity index (χ4n) is 2.80. The number of likely N-dealkylation sites (N-methyl/N-ethyl adjacent to an activating group) is 1. The Balaban J connectivity index is 1.88. The van der Waals surface area contributed by atoms with Gasteiger partial charge < -0.3 is 15.0 Å². The number of urea groups is 1. The molecule has 1 heterocycles. The van der Waals surface area contributed by atoms with Crippen LogP contribution in [0.3, 0.4) is 0 Å². The van der Waals surface area contributed by atoms with Crippen LogP contribution in [0.1, 0.15) is 18.9 Å². The van der Waals surface area contributed by atoms with Crippen molar-refractivity contribution in [2.45, 2.75) is 19.9 Å². The largest absolute Gasteiger partial charge is 0.378 e. The van der Waals surface area contributed by atoms with Crippen molar-refractivity contribution in [3.63, 3.8) is 0 Å². The van der Waals surface area contributed by atoms with Crippen LogP contribution in [-0.4, -0.2) is 63.3 Å². The first-order chi connectivity index (χ1) is 12.1. The van der Waals surface area contributed by atoms with Crippen LogP contribution in [0.4, 0.5) is 10.5 Å². The molecule has 1 aliphatic heterocycles. The Hall–Kier alpha value is -2.12. The third kappa shape index (κ3) is 6.36. The summed E-state index contributed by atoms with van der Waals surface area (Å²) >= 11 is 0. The zero-order chi connectivity index (χ0) is 18.1. The fourth-order valence-corrected chi connectivity index (χ4v) is 2.80. The molecule has 0 spiro atoms. The van der Waals surface area contributed by atoms with Gasteiger partial charge in [-0.2, -0.15) is 0 Å². The average molecular weight is 348 g/mol. The van der Waals surface area contributed by atoms with E-state index in [1.165, 1.54) is 5.69 Å². The van der Waals surface area contributed by atoms with Gasteiger partial charge in [-0.3, -0.25) is 15.0 Å². The summed E-state index contributed by atoms with van der Waals surface area (Å²) in [5.74, 6) is -0.306. The average Bonchev–Trinajstić information content (AvgIpc) is 2.61. The number of para-hydroxylation sites is 1. The number of benzene rings is 1. The second-order valence-corrected chi connectivity index (χ2v) is 6.20. The predicted octanol–water partition coefficient (Wildman–Crippen LogP) is 1.19. The van der Waals surface area contributed by atoms with Crippen LogP contribution in [0.25, 0.3) is 0 Å². The molecule has 0 atom stereocenters. The number of imide groups is 1. The van der Waals surface area contributed by atoms with Gasteiger partial charge >= 0.3 is 6.03 Å². The standard InChI is InChI=1S/C18H28N4O3/c1-3-8-19-18(24)20-17(23)14-21(2)13-15-6-4-5-7-16(15)22-9-11-25-12-10-22/h4-7H,3,8-14H2,1-2H3,(H2,19,20,23,24). The van der Waals surface area contributed by atoms with Crippen molar-refractivity contribution in [3.05, 3.63) is 29.8 Å². The summed E-state index contributed by atoms with van der Waals surface area (Å²) in [7, 11) is 1.87. The minimum atomic E-state index is -0.436. The lowest BCUT2D eigenvalue weighted by Gasteiger charge is -2.31. The molecule has 1 aromatic carbocycles. The Labute approximate surface area is 149 Å². The number of hydrogen-bond acceptors (Lipinski definition) is 5. The molecule has 0 aliphatic carbocycles. The molecule has 3 amide bonds. The number of nitrogens with zero attached hydrogens (tertiary/aromatic N) is 2. The van der Waals surface area contributed by atoms with Gasteiger partial charge in [-0.15, -0.1) is 0 Å². The van der Waals surface area contributed by atoms with Gasteiger partial charge in [0.05, 0.1) is 19.8 Å². The van der Waals surface area contributed by atoms with E-state index >= 15 is 0 Å². The first kappa shape index (κ1) is 19.2. The first-order valence-electron chi connectivity index (χ1n) is 8.77. The van der Waals surface area contributed by atoms with Crippen molar-refractivity contribution in [1.29, 1.82) is 0 Å². The summed E-state index contributed by atoms with van der Waals surface area (Å²) in [5.41, 5.74) is 2.34. The van der Waals surface area contributed by atoms with Crippen molar-refractivity contribution in [2.24, 2.45) is 0 Å². The molecule has 138 valence electrons. The third-order valence-corrected chi connectivity index (χ3v) is 3.99. The summed E-state index contributed by atoms with van der Waals surface area (Å²) in [5, 5.41) is 4.98. The normalized spacial score (nSPS) is 14.4. The smallest absolute Gasteiger partial charge is 0.321 e. The molecule has 0 unspecified atom stereocenters. The number of nitrogens with one attached hydrogen (secondary N) is 2. The number of anilines is 1. The molecule has 1 fully saturated rings. The van der Waals surface area contributed by atoms with Gasteiger partial charge in [-0.05, 0) is 25.1 Å². The zero-order valence-electron chi connectivity index (χ0n) is 15.1. The monoisotopic (exact) mass is 348 g/mol. The Morgan fingerprint density at radius 2 is 1.96 bits per heavy atom. The third-order valence-electron chi connectivity index (χ3n) is 3.99. The zero-order valence-corrected chi connectivity index (χ0v) is 15.1. The number of ether oxygens (including phenoxy) is 1. The highest BCUT2D eigenvalue weighted by atomic mass is 16.5. The minimum Gasteiger partial charge on any atom is -0.378 e. The highest BCUT2D eigenvalue weighted by Gasteiger charge is 2.16. The Bertz CT molecular complexity index is 573. The molecule has 2 N–H and O–H groups in total. The topological polar surface area (TPSA) is 73.9 Å². The molecular weight excluding hydrogens is 320 g/mol. The Kier molecular flexibility index (Phi) is 7.69. The van der Waals surface area contributed by atoms with Crippen molar-refractivity contribution in [3.8, 4) is 0 Å². The predicted molar refractivity (Wildman–Crippen MR) is 97.6 cm³/mol. The number of amides is 3. The van der Waals surface area contributed by atoms with E-state index in [9.17, 15) is 9.59 Å². The molecule has 0 saturated carbocycles. The summed E-state index contributed by atoms with van der Waals surface area (Å²) in [4.78, 5) is 27.7. The Morgan fingerprint density at radius 3 is 2.68 bits per heavy atom. The number of rotatable bonds is 7. The molecule has 1 aliphatic rings. The molecule has 25 heavy (non-hydrogen) atoms. The van der Waals surface area contributed by atoms with Crippen LogP contribution in [0.5, 0.6) is 0 Å². The van der Waals surface area contributed by atoms with Crippen LogP contribution in [0.2, 0.25) is 0 Å². The van der Waals surface area contributed by atoms with E-state index in [1.54, 1.807) is 0 Å². The highest BCUT2D eigenvalue weighted by molar-refractivity contribution is 5.95. The van der Waals surface area contributed by atoms with Gasteiger partial charge in [-0.25, -0.2) is 4.79 Å². The lowest BCUT2D eigenvalue weighted by molar-refractivity contribution is -0.120. The minimum absolute atomic E-state index is 0.164. The van der Waals surface area contributed by atoms with Crippen LogP contribution in [0, 0.1) is 0 Å². The molecule has 0 bridgehead atoms. The summed E-state index contributed by atoms with van der Waals surface area (Å²) in [6.07, 6.45) is 0.833. The maximum absolute atomic E-state index is 12.0. The SMILES string of the molecule is CCCNC(=O)NC(=O)CN(C)Cc1ccccc1N1CCOCC1. The fraction of sp³-hybridized carbons (Fsp3) is 0.556. The van der Waals surface area contributed by atoms with Crippen LogP contribution < -0.4 is 15.5 Å². The van der Waals surface area contributed by atoms with E-state index in [0.29, 0.717) is 13.1 Å².